The number of imidazole rings is 1. The fraction of sp³-hybridized carbons (Fsp3) is 0.737. The molecule has 2 aromatic rings. The Labute approximate surface area is 154 Å². The van der Waals surface area contributed by atoms with Crippen molar-refractivity contribution in [3.8, 4) is 0 Å². The van der Waals surface area contributed by atoms with Crippen LogP contribution in [0.2, 0.25) is 0 Å². The Kier molecular flexibility index (Phi) is 4.61. The highest BCUT2D eigenvalue weighted by Gasteiger charge is 2.34. The molecule has 2 aliphatic rings. The summed E-state index contributed by atoms with van der Waals surface area (Å²) in [5.74, 6) is 1.96. The second-order valence-electron chi connectivity index (χ2n) is 8.28. The highest BCUT2D eigenvalue weighted by molar-refractivity contribution is 5.72. The average molecular weight is 359 g/mol. The molecule has 0 amide bonds. The van der Waals surface area contributed by atoms with Crippen molar-refractivity contribution in [3.63, 3.8) is 0 Å². The summed E-state index contributed by atoms with van der Waals surface area (Å²) in [5, 5.41) is 13.7. The number of nitrogens with one attached hydrogen (secondary N) is 1. The maximum atomic E-state index is 10.2. The third-order valence-corrected chi connectivity index (χ3v) is 5.93. The van der Waals surface area contributed by atoms with Crippen molar-refractivity contribution in [1.29, 1.82) is 0 Å². The maximum absolute atomic E-state index is 10.2. The fourth-order valence-electron chi connectivity index (χ4n) is 4.39. The van der Waals surface area contributed by atoms with Crippen molar-refractivity contribution in [1.82, 2.24) is 19.5 Å². The number of aliphatic hydroxyl groups is 1. The Bertz CT molecular complexity index is 776. The Balaban J connectivity index is 1.55. The molecule has 0 bridgehead atoms. The molecule has 26 heavy (non-hydrogen) atoms. The van der Waals surface area contributed by atoms with Crippen molar-refractivity contribution in [3.05, 3.63) is 12.0 Å². The minimum atomic E-state index is -0.625. The van der Waals surface area contributed by atoms with Crippen LogP contribution in [0.4, 0.5) is 5.95 Å². The molecule has 0 radical (unpaired) electrons. The Morgan fingerprint density at radius 3 is 2.65 bits per heavy atom. The van der Waals surface area contributed by atoms with E-state index >= 15 is 0 Å². The van der Waals surface area contributed by atoms with Crippen LogP contribution in [0.3, 0.4) is 0 Å². The lowest BCUT2D eigenvalue weighted by atomic mass is 9.90. The number of aromatic nitrogens is 4. The second-order valence-corrected chi connectivity index (χ2v) is 8.28. The number of ether oxygens (including phenoxy) is 1. The zero-order chi connectivity index (χ0) is 18.3. The number of anilines is 1. The number of aryl methyl sites for hydroxylation is 1. The Morgan fingerprint density at radius 1 is 1.19 bits per heavy atom. The van der Waals surface area contributed by atoms with E-state index < -0.39 is 5.60 Å². The van der Waals surface area contributed by atoms with Crippen LogP contribution in [0.15, 0.2) is 6.20 Å². The average Bonchev–Trinajstić information content (AvgIpc) is 3.19. The summed E-state index contributed by atoms with van der Waals surface area (Å²) in [4.78, 5) is 13.9. The number of hydrogen-bond acceptors (Lipinski definition) is 6. The van der Waals surface area contributed by atoms with Gasteiger partial charge in [-0.25, -0.2) is 9.97 Å². The monoisotopic (exact) mass is 359 g/mol. The van der Waals surface area contributed by atoms with Crippen LogP contribution in [0.1, 0.15) is 57.8 Å². The molecule has 7 heteroatoms. The van der Waals surface area contributed by atoms with E-state index in [0.29, 0.717) is 23.9 Å². The lowest BCUT2D eigenvalue weighted by Gasteiger charge is -2.25. The minimum absolute atomic E-state index is 0.310. The first kappa shape index (κ1) is 17.7. The van der Waals surface area contributed by atoms with Crippen LogP contribution >= 0.6 is 0 Å². The van der Waals surface area contributed by atoms with Crippen molar-refractivity contribution in [2.75, 3.05) is 18.5 Å². The van der Waals surface area contributed by atoms with Crippen molar-refractivity contribution >= 4 is 17.1 Å². The molecule has 2 N–H and O–H groups in total. The highest BCUT2D eigenvalue weighted by Crippen LogP contribution is 2.35. The molecule has 2 atom stereocenters. The molecule has 1 saturated carbocycles. The Hall–Kier alpha value is -1.73. The van der Waals surface area contributed by atoms with Gasteiger partial charge in [0.15, 0.2) is 5.65 Å². The third-order valence-electron chi connectivity index (χ3n) is 5.93. The van der Waals surface area contributed by atoms with E-state index in [1.165, 1.54) is 0 Å². The van der Waals surface area contributed by atoms with Crippen LogP contribution in [0.5, 0.6) is 0 Å². The summed E-state index contributed by atoms with van der Waals surface area (Å²) in [6.07, 6.45) is 6.82. The summed E-state index contributed by atoms with van der Waals surface area (Å²) in [7, 11) is 0. The third kappa shape index (κ3) is 3.42. The first-order valence-corrected chi connectivity index (χ1v) is 9.70. The van der Waals surface area contributed by atoms with Gasteiger partial charge < -0.3 is 19.7 Å². The molecule has 1 unspecified atom stereocenters. The van der Waals surface area contributed by atoms with Crippen LogP contribution in [-0.2, 0) is 4.74 Å². The normalized spacial score (nSPS) is 25.1. The van der Waals surface area contributed by atoms with Gasteiger partial charge in [-0.15, -0.1) is 0 Å². The quantitative estimate of drug-likeness (QED) is 0.873. The molecule has 2 fully saturated rings. The van der Waals surface area contributed by atoms with Gasteiger partial charge in [0, 0.05) is 25.3 Å². The van der Waals surface area contributed by atoms with E-state index in [9.17, 15) is 5.11 Å². The molecule has 0 aromatic carbocycles. The van der Waals surface area contributed by atoms with E-state index in [1.54, 1.807) is 0 Å². The van der Waals surface area contributed by atoms with Crippen molar-refractivity contribution in [2.24, 2.45) is 5.92 Å². The van der Waals surface area contributed by atoms with E-state index in [-0.39, 0.29) is 0 Å². The van der Waals surface area contributed by atoms with Crippen LogP contribution < -0.4 is 5.32 Å². The molecule has 2 aromatic heterocycles. The largest absolute Gasteiger partial charge is 0.390 e. The maximum Gasteiger partial charge on any atom is 0.224 e. The van der Waals surface area contributed by atoms with E-state index in [4.69, 9.17) is 9.72 Å². The number of rotatable bonds is 4. The zero-order valence-corrected chi connectivity index (χ0v) is 15.9. The van der Waals surface area contributed by atoms with Gasteiger partial charge in [-0.1, -0.05) is 0 Å². The van der Waals surface area contributed by atoms with Gasteiger partial charge in [0.1, 0.15) is 11.3 Å². The standard InChI is InChI=1S/C19H29N5O2/c1-12-21-16-11-20-18(22-14-5-4-13(10-14)19(2,3)25)23-17(16)24(12)15-6-8-26-9-7-15/h11,13-15,25H,4-10H2,1-3H3,(H,20,22,23)/t13-,14?/m1/s1. The lowest BCUT2D eigenvalue weighted by molar-refractivity contribution is 0.0197. The number of nitrogens with zero attached hydrogens (tertiary/aromatic N) is 4. The Morgan fingerprint density at radius 2 is 1.96 bits per heavy atom. The highest BCUT2D eigenvalue weighted by atomic mass is 16.5. The van der Waals surface area contributed by atoms with Gasteiger partial charge in [-0.2, -0.15) is 4.98 Å². The zero-order valence-electron chi connectivity index (χ0n) is 15.9. The summed E-state index contributed by atoms with van der Waals surface area (Å²) < 4.78 is 7.75. The van der Waals surface area contributed by atoms with Gasteiger partial charge in [-0.3, -0.25) is 0 Å². The first-order valence-electron chi connectivity index (χ1n) is 9.70. The molecular weight excluding hydrogens is 330 g/mol. The van der Waals surface area contributed by atoms with Gasteiger partial charge >= 0.3 is 0 Å². The van der Waals surface area contributed by atoms with Gasteiger partial charge in [-0.05, 0) is 58.8 Å². The summed E-state index contributed by atoms with van der Waals surface area (Å²) in [6.45, 7) is 7.42. The topological polar surface area (TPSA) is 85.1 Å². The van der Waals surface area contributed by atoms with E-state index in [0.717, 1.165) is 62.3 Å². The summed E-state index contributed by atoms with van der Waals surface area (Å²) >= 11 is 0. The minimum Gasteiger partial charge on any atom is -0.390 e. The molecule has 4 rings (SSSR count). The second kappa shape index (κ2) is 6.78. The fourth-order valence-corrected chi connectivity index (χ4v) is 4.39. The lowest BCUT2D eigenvalue weighted by Crippen LogP contribution is -2.30. The predicted octanol–water partition coefficient (Wildman–Crippen LogP) is 2.84. The summed E-state index contributed by atoms with van der Waals surface area (Å²) in [5.41, 5.74) is 1.13. The predicted molar refractivity (Wildman–Crippen MR) is 100 cm³/mol. The molecule has 0 spiro atoms. The molecule has 1 aliphatic carbocycles. The van der Waals surface area contributed by atoms with Crippen molar-refractivity contribution < 1.29 is 9.84 Å². The van der Waals surface area contributed by atoms with Gasteiger partial charge in [0.2, 0.25) is 5.95 Å². The molecular formula is C19H29N5O2. The smallest absolute Gasteiger partial charge is 0.224 e. The molecule has 3 heterocycles. The van der Waals surface area contributed by atoms with E-state index in [2.05, 4.69) is 19.9 Å². The molecule has 1 aliphatic heterocycles. The summed E-state index contributed by atoms with van der Waals surface area (Å²) in [6, 6.07) is 0.701. The van der Waals surface area contributed by atoms with Crippen LogP contribution in [0.25, 0.3) is 11.2 Å². The molecule has 7 nitrogen and oxygen atoms in total. The van der Waals surface area contributed by atoms with Crippen molar-refractivity contribution in [2.45, 2.75) is 70.6 Å². The molecule has 1 saturated heterocycles. The van der Waals surface area contributed by atoms with E-state index in [1.807, 2.05) is 27.0 Å². The SMILES string of the molecule is Cc1nc2cnc(NC3CC[C@@H](C(C)(C)O)C3)nc2n1C1CCOCC1. The van der Waals surface area contributed by atoms with Crippen LogP contribution in [-0.4, -0.2) is 49.5 Å². The number of fused-ring (bicyclic) bond motifs is 1. The first-order chi connectivity index (χ1) is 12.4. The van der Waals surface area contributed by atoms with Gasteiger partial charge in [0.05, 0.1) is 11.8 Å². The van der Waals surface area contributed by atoms with Crippen LogP contribution in [0, 0.1) is 12.8 Å². The number of hydrogen-bond donors (Lipinski definition) is 2. The molecule has 142 valence electrons. The van der Waals surface area contributed by atoms with Gasteiger partial charge in [0.25, 0.3) is 0 Å².